The average molecular weight is 643 g/mol. The summed E-state index contributed by atoms with van der Waals surface area (Å²) in [6, 6.07) is 2.74. The van der Waals surface area contributed by atoms with Crippen LogP contribution in [0.3, 0.4) is 0 Å². The number of carbonyl (C=O) groups is 3. The van der Waals surface area contributed by atoms with Gasteiger partial charge in [0.1, 0.15) is 57.7 Å². The molecule has 1 aromatic rings. The van der Waals surface area contributed by atoms with Crippen molar-refractivity contribution in [1.29, 1.82) is 0 Å². The molecule has 1 saturated carbocycles. The molecule has 45 heavy (non-hydrogen) atoms. The number of halogens is 1. The van der Waals surface area contributed by atoms with Crippen molar-refractivity contribution >= 4 is 29.1 Å². The highest BCUT2D eigenvalue weighted by atomic mass is 35.5. The summed E-state index contributed by atoms with van der Waals surface area (Å²) >= 11 is 6.70. The number of methoxy groups -OCH3 is 1. The number of carbonyl (C=O) groups excluding carboxylic acids is 3. The van der Waals surface area contributed by atoms with Crippen molar-refractivity contribution in [3.05, 3.63) is 68.5 Å². The molecule has 1 saturated heterocycles. The van der Waals surface area contributed by atoms with E-state index in [0.717, 1.165) is 5.57 Å². The second-order valence-corrected chi connectivity index (χ2v) is 13.1. The monoisotopic (exact) mass is 642 g/mol. The highest BCUT2D eigenvalue weighted by Crippen LogP contribution is 2.64. The van der Waals surface area contributed by atoms with Crippen LogP contribution < -0.4 is 4.74 Å². The van der Waals surface area contributed by atoms with Gasteiger partial charge in [-0.1, -0.05) is 34.9 Å². The smallest absolute Gasteiger partial charge is 0.349 e. The maximum absolute atomic E-state index is 14.3. The molecule has 0 amide bonds. The van der Waals surface area contributed by atoms with Crippen LogP contribution in [-0.2, 0) is 23.8 Å². The number of aliphatic hydroxyl groups is 3. The zero-order valence-electron chi connectivity index (χ0n) is 25.5. The minimum atomic E-state index is -2.74. The summed E-state index contributed by atoms with van der Waals surface area (Å²) < 4.78 is 23.7. The van der Waals surface area contributed by atoms with Crippen LogP contribution in [0.5, 0.6) is 11.5 Å². The van der Waals surface area contributed by atoms with Gasteiger partial charge in [-0.2, -0.15) is 0 Å². The maximum atomic E-state index is 14.3. The summed E-state index contributed by atoms with van der Waals surface area (Å²) in [5.41, 5.74) is -1.06. The Hall–Kier alpha value is -3.48. The number of aryl methyl sites for hydroxylation is 1. The van der Waals surface area contributed by atoms with E-state index in [9.17, 15) is 34.8 Å². The van der Waals surface area contributed by atoms with Crippen molar-refractivity contribution < 1.29 is 53.8 Å². The molecule has 11 nitrogen and oxygen atoms in total. The Balaban J connectivity index is 1.65. The van der Waals surface area contributed by atoms with Gasteiger partial charge in [0, 0.05) is 12.8 Å². The number of Topliss-reactive ketones (excluding diaryl/α,β-unsaturated/α-hetero) is 2. The molecule has 0 unspecified atom stereocenters. The molecule has 240 valence electrons. The highest BCUT2D eigenvalue weighted by Gasteiger charge is 2.76. The summed E-state index contributed by atoms with van der Waals surface area (Å²) in [5, 5.41) is 43.5. The van der Waals surface area contributed by atoms with E-state index in [1.165, 1.54) is 19.2 Å². The van der Waals surface area contributed by atoms with Crippen LogP contribution in [-0.4, -0.2) is 81.4 Å². The van der Waals surface area contributed by atoms with Gasteiger partial charge in [0.2, 0.25) is 0 Å². The predicted octanol–water partition coefficient (Wildman–Crippen LogP) is 3.06. The average Bonchev–Trinajstić information content (AvgIpc) is 3.73. The first-order valence-corrected chi connectivity index (χ1v) is 15.0. The SMILES string of the molecule is COC1=C(Cl)C(=O)[C@]2(OC(=O)c3c(O)cc(C)cc3O2)[C@@]2(C(=O)CO)CC(C)=CC(=C3C[C@H](O)[C@@H]4O[C@]4(CC=C(C)C)[C@@H]3O)[C@@H]12. The Morgan fingerprint density at radius 2 is 1.89 bits per heavy atom. The Morgan fingerprint density at radius 1 is 1.18 bits per heavy atom. The summed E-state index contributed by atoms with van der Waals surface area (Å²) in [5.74, 6) is -8.02. The third kappa shape index (κ3) is 4.21. The first kappa shape index (κ1) is 31.5. The normalized spacial score (nSPS) is 36.7. The number of hydrogen-bond acceptors (Lipinski definition) is 11. The number of benzene rings is 1. The van der Waals surface area contributed by atoms with Crippen LogP contribution >= 0.6 is 11.6 Å². The van der Waals surface area contributed by atoms with Crippen molar-refractivity contribution in [2.45, 2.75) is 76.7 Å². The fourth-order valence-electron chi connectivity index (χ4n) is 7.67. The lowest BCUT2D eigenvalue weighted by Crippen LogP contribution is -2.71. The highest BCUT2D eigenvalue weighted by molar-refractivity contribution is 6.44. The van der Waals surface area contributed by atoms with Crippen molar-refractivity contribution in [2.24, 2.45) is 11.3 Å². The molecule has 5 aliphatic rings. The summed E-state index contributed by atoms with van der Waals surface area (Å²) in [6.45, 7) is 6.05. The van der Waals surface area contributed by atoms with E-state index in [2.05, 4.69) is 0 Å². The van der Waals surface area contributed by atoms with Crippen molar-refractivity contribution in [3.8, 4) is 11.5 Å². The zero-order chi connectivity index (χ0) is 32.8. The van der Waals surface area contributed by atoms with Crippen LogP contribution in [0.4, 0.5) is 0 Å². The molecule has 12 heteroatoms. The van der Waals surface area contributed by atoms with Gasteiger partial charge < -0.3 is 39.4 Å². The van der Waals surface area contributed by atoms with E-state index >= 15 is 0 Å². The number of epoxide rings is 1. The van der Waals surface area contributed by atoms with Gasteiger partial charge >= 0.3 is 11.8 Å². The van der Waals surface area contributed by atoms with Crippen LogP contribution in [0.15, 0.2) is 57.4 Å². The van der Waals surface area contributed by atoms with Crippen LogP contribution in [0.1, 0.15) is 56.0 Å². The number of phenols is 1. The quantitative estimate of drug-likeness (QED) is 0.211. The largest absolute Gasteiger partial charge is 0.507 e. The summed E-state index contributed by atoms with van der Waals surface area (Å²) in [7, 11) is 1.26. The zero-order valence-corrected chi connectivity index (χ0v) is 26.2. The maximum Gasteiger partial charge on any atom is 0.349 e. The molecule has 3 aliphatic carbocycles. The van der Waals surface area contributed by atoms with E-state index in [-0.39, 0.29) is 35.5 Å². The first-order valence-electron chi connectivity index (χ1n) is 14.6. The fourth-order valence-corrected chi connectivity index (χ4v) is 7.98. The number of esters is 1. The number of allylic oxidation sites excluding steroid dienone is 4. The van der Waals surface area contributed by atoms with Gasteiger partial charge in [0.15, 0.2) is 5.78 Å². The molecule has 6 rings (SSSR count). The third-order valence-corrected chi connectivity index (χ3v) is 10.0. The second-order valence-electron chi connectivity index (χ2n) is 12.8. The number of phenolic OH excluding ortho intramolecular Hbond substituents is 1. The molecular formula is C33H35ClO11. The molecule has 2 heterocycles. The van der Waals surface area contributed by atoms with Crippen LogP contribution in [0.25, 0.3) is 0 Å². The van der Waals surface area contributed by atoms with E-state index in [1.54, 1.807) is 19.9 Å². The van der Waals surface area contributed by atoms with Gasteiger partial charge in [-0.15, -0.1) is 0 Å². The third-order valence-electron chi connectivity index (χ3n) is 9.65. The van der Waals surface area contributed by atoms with Crippen molar-refractivity contribution in [2.75, 3.05) is 13.7 Å². The molecule has 2 aliphatic heterocycles. The number of fused-ring (bicyclic) bond motifs is 4. The Kier molecular flexibility index (Phi) is 7.37. The Bertz CT molecular complexity index is 1670. The number of aromatic hydroxyl groups is 1. The number of ether oxygens (including phenoxy) is 4. The Morgan fingerprint density at radius 3 is 2.53 bits per heavy atom. The lowest BCUT2D eigenvalue weighted by molar-refractivity contribution is -0.232. The van der Waals surface area contributed by atoms with E-state index in [0.29, 0.717) is 23.1 Å². The predicted molar refractivity (Wildman–Crippen MR) is 158 cm³/mol. The lowest BCUT2D eigenvalue weighted by Gasteiger charge is -2.56. The molecule has 4 N–H and O–H groups in total. The molecule has 1 aromatic carbocycles. The van der Waals surface area contributed by atoms with Gasteiger partial charge in [-0.3, -0.25) is 9.59 Å². The first-order chi connectivity index (χ1) is 21.2. The molecule has 2 fully saturated rings. The van der Waals surface area contributed by atoms with Gasteiger partial charge in [-0.25, -0.2) is 4.79 Å². The van der Waals surface area contributed by atoms with E-state index in [4.69, 9.17) is 30.5 Å². The molecule has 1 spiro atoms. The fraction of sp³-hybridized carbons (Fsp3) is 0.485. The van der Waals surface area contributed by atoms with Gasteiger partial charge in [0.05, 0.1) is 19.1 Å². The number of ketones is 2. The lowest BCUT2D eigenvalue weighted by atomic mass is 9.53. The molecular weight excluding hydrogens is 608 g/mol. The standard InChI is InChI=1S/C33H35ClO11/c1-14(2)6-7-32-27(39)18(11-20(37)29(32)44-32)17-8-16(4)12-31(22(38)13-35)24(17)26(42-5)25(34)28(40)33(31)43-21-10-15(3)9-19(36)23(21)30(41)45-33/h6,8-10,20,24,27,29,35-37,39H,7,11-13H2,1-5H3/t20-,24-,27+,29-,31+,32+,33-/m0/s1. The molecule has 0 aromatic heterocycles. The molecule has 7 atom stereocenters. The second kappa shape index (κ2) is 10.5. The molecule has 0 bridgehead atoms. The summed E-state index contributed by atoms with van der Waals surface area (Å²) in [6.07, 6.45) is 0.760. The van der Waals surface area contributed by atoms with Gasteiger partial charge in [-0.05, 0) is 63.0 Å². The number of hydrogen-bond donors (Lipinski definition) is 4. The van der Waals surface area contributed by atoms with Crippen LogP contribution in [0.2, 0.25) is 0 Å². The van der Waals surface area contributed by atoms with Crippen molar-refractivity contribution in [1.82, 2.24) is 0 Å². The topological polar surface area (TPSA) is 172 Å². The van der Waals surface area contributed by atoms with E-state index < -0.39 is 76.0 Å². The van der Waals surface area contributed by atoms with Crippen molar-refractivity contribution in [3.63, 3.8) is 0 Å². The summed E-state index contributed by atoms with van der Waals surface area (Å²) in [4.78, 5) is 42.2. The van der Waals surface area contributed by atoms with Gasteiger partial charge in [0.25, 0.3) is 5.78 Å². The van der Waals surface area contributed by atoms with E-state index in [1.807, 2.05) is 19.9 Å². The van der Waals surface area contributed by atoms with Crippen LogP contribution in [0, 0.1) is 18.3 Å². The molecule has 0 radical (unpaired) electrons. The Labute approximate surface area is 264 Å². The number of aliphatic hydroxyl groups excluding tert-OH is 3. The minimum absolute atomic E-state index is 0.0481. The minimum Gasteiger partial charge on any atom is -0.507 e. The number of rotatable bonds is 5.